The topological polar surface area (TPSA) is 100 Å². The fraction of sp³-hybridized carbons (Fsp3) is 0.722. The van der Waals surface area contributed by atoms with Crippen molar-refractivity contribution >= 4 is 17.8 Å². The van der Waals surface area contributed by atoms with Crippen molar-refractivity contribution < 1.29 is 9.59 Å². The van der Waals surface area contributed by atoms with E-state index in [1.54, 1.807) is 4.68 Å². The molecule has 2 heterocycles. The zero-order chi connectivity index (χ0) is 19.5. The van der Waals surface area contributed by atoms with Gasteiger partial charge in [0.05, 0.1) is 5.69 Å². The molecule has 0 aromatic carbocycles. The fourth-order valence-electron chi connectivity index (χ4n) is 2.66. The van der Waals surface area contributed by atoms with E-state index in [2.05, 4.69) is 47.1 Å². The third-order valence-corrected chi connectivity index (χ3v) is 4.28. The molecular weight excluding hydrogens is 332 g/mol. The first-order valence-electron chi connectivity index (χ1n) is 9.30. The quantitative estimate of drug-likeness (QED) is 0.644. The molecule has 3 amide bonds. The highest BCUT2D eigenvalue weighted by molar-refractivity contribution is 5.88. The summed E-state index contributed by atoms with van der Waals surface area (Å²) >= 11 is 0. The number of hydrogen-bond donors (Lipinski definition) is 4. The summed E-state index contributed by atoms with van der Waals surface area (Å²) in [6, 6.07) is 1.66. The molecule has 26 heavy (non-hydrogen) atoms. The number of carbonyl (C=O) groups excluding carboxylic acids is 2. The van der Waals surface area contributed by atoms with Gasteiger partial charge < -0.3 is 10.6 Å². The van der Waals surface area contributed by atoms with Gasteiger partial charge in [0, 0.05) is 30.5 Å². The first-order valence-corrected chi connectivity index (χ1v) is 9.30. The number of amides is 3. The standard InChI is InChI=1S/C18H32N6O2/c1-7-12-8-15(25)22-16(20-12)24-14(9-13(23-24)18(4,5)6)21-17(26)19-10-11(2)3/h9,11-12,16,20H,7-8,10H2,1-6H3,(H,22,25)(H2,19,21,26). The lowest BCUT2D eigenvalue weighted by atomic mass is 9.92. The molecule has 1 aliphatic heterocycles. The monoisotopic (exact) mass is 364 g/mol. The number of aromatic nitrogens is 2. The molecule has 1 saturated heterocycles. The lowest BCUT2D eigenvalue weighted by Gasteiger charge is -2.32. The van der Waals surface area contributed by atoms with E-state index in [9.17, 15) is 9.59 Å². The van der Waals surface area contributed by atoms with Crippen LogP contribution in [0.2, 0.25) is 0 Å². The molecule has 0 bridgehead atoms. The van der Waals surface area contributed by atoms with Crippen LogP contribution < -0.4 is 21.3 Å². The summed E-state index contributed by atoms with van der Waals surface area (Å²) in [6.07, 6.45) is 0.796. The van der Waals surface area contributed by atoms with Gasteiger partial charge >= 0.3 is 6.03 Å². The number of anilines is 1. The molecule has 146 valence electrons. The molecule has 2 unspecified atom stereocenters. The highest BCUT2D eigenvalue weighted by Crippen LogP contribution is 2.26. The van der Waals surface area contributed by atoms with Gasteiger partial charge in [0.2, 0.25) is 5.91 Å². The third kappa shape index (κ3) is 5.20. The molecule has 0 spiro atoms. The average molecular weight is 364 g/mol. The lowest BCUT2D eigenvalue weighted by molar-refractivity contribution is -0.125. The molecule has 8 heteroatoms. The zero-order valence-electron chi connectivity index (χ0n) is 16.6. The summed E-state index contributed by atoms with van der Waals surface area (Å²) in [5, 5.41) is 16.6. The van der Waals surface area contributed by atoms with Crippen molar-refractivity contribution in [2.24, 2.45) is 5.92 Å². The Labute approximate surface area is 155 Å². The number of nitrogens with zero attached hydrogens (tertiary/aromatic N) is 2. The Hall–Kier alpha value is -2.09. The predicted molar refractivity (Wildman–Crippen MR) is 102 cm³/mol. The van der Waals surface area contributed by atoms with Gasteiger partial charge in [0.1, 0.15) is 5.82 Å². The number of nitrogens with one attached hydrogen (secondary N) is 4. The van der Waals surface area contributed by atoms with Gasteiger partial charge in [0.15, 0.2) is 6.29 Å². The Bertz CT molecular complexity index is 647. The maximum Gasteiger partial charge on any atom is 0.320 e. The molecule has 2 atom stereocenters. The van der Waals surface area contributed by atoms with E-state index in [1.165, 1.54) is 0 Å². The summed E-state index contributed by atoms with van der Waals surface area (Å²) in [4.78, 5) is 24.3. The summed E-state index contributed by atoms with van der Waals surface area (Å²) in [5.41, 5.74) is 0.658. The Morgan fingerprint density at radius 2 is 2.12 bits per heavy atom. The van der Waals surface area contributed by atoms with Gasteiger partial charge in [-0.2, -0.15) is 5.10 Å². The van der Waals surface area contributed by atoms with Gasteiger partial charge in [-0.25, -0.2) is 9.48 Å². The molecule has 8 nitrogen and oxygen atoms in total. The first kappa shape index (κ1) is 20.2. The van der Waals surface area contributed by atoms with Crippen LogP contribution in [0, 0.1) is 5.92 Å². The van der Waals surface area contributed by atoms with Gasteiger partial charge in [-0.1, -0.05) is 41.5 Å². The lowest BCUT2D eigenvalue weighted by Crippen LogP contribution is -2.53. The van der Waals surface area contributed by atoms with Crippen LogP contribution >= 0.6 is 0 Å². The van der Waals surface area contributed by atoms with Crippen molar-refractivity contribution in [3.8, 4) is 0 Å². The first-order chi connectivity index (χ1) is 12.1. The van der Waals surface area contributed by atoms with E-state index in [-0.39, 0.29) is 23.4 Å². The SMILES string of the molecule is CCC1CC(=O)NC(n2nc(C(C)(C)C)cc2NC(=O)NCC(C)C)N1. The van der Waals surface area contributed by atoms with Crippen LogP contribution in [0.4, 0.5) is 10.6 Å². The van der Waals surface area contributed by atoms with Crippen LogP contribution in [0.5, 0.6) is 0 Å². The Morgan fingerprint density at radius 3 is 2.69 bits per heavy atom. The minimum absolute atomic E-state index is 0.0244. The van der Waals surface area contributed by atoms with Gasteiger partial charge in [0.25, 0.3) is 0 Å². The molecule has 4 N–H and O–H groups in total. The van der Waals surface area contributed by atoms with Crippen LogP contribution in [0.3, 0.4) is 0 Å². The molecule has 0 saturated carbocycles. The van der Waals surface area contributed by atoms with Crippen molar-refractivity contribution in [3.63, 3.8) is 0 Å². The second-order valence-electron chi connectivity index (χ2n) is 8.28. The highest BCUT2D eigenvalue weighted by atomic mass is 16.2. The predicted octanol–water partition coefficient (Wildman–Crippen LogP) is 2.30. The number of carbonyl (C=O) groups is 2. The molecular formula is C18H32N6O2. The molecule has 1 aromatic rings. The maximum atomic E-state index is 12.2. The second-order valence-corrected chi connectivity index (χ2v) is 8.28. The van der Waals surface area contributed by atoms with E-state index in [4.69, 9.17) is 0 Å². The average Bonchev–Trinajstić information content (AvgIpc) is 2.96. The van der Waals surface area contributed by atoms with Crippen LogP contribution in [-0.4, -0.2) is 34.3 Å². The van der Waals surface area contributed by atoms with Crippen molar-refractivity contribution in [2.75, 3.05) is 11.9 Å². The van der Waals surface area contributed by atoms with E-state index < -0.39 is 6.29 Å². The molecule has 1 aromatic heterocycles. The summed E-state index contributed by atoms with van der Waals surface area (Å²) in [6.45, 7) is 12.9. The molecule has 0 aliphatic carbocycles. The number of hydrogen-bond acceptors (Lipinski definition) is 4. The summed E-state index contributed by atoms with van der Waals surface area (Å²) in [7, 11) is 0. The van der Waals surface area contributed by atoms with E-state index in [0.717, 1.165) is 12.1 Å². The molecule has 2 rings (SSSR count). The normalized spacial score (nSPS) is 20.8. The fourth-order valence-corrected chi connectivity index (χ4v) is 2.66. The molecule has 0 radical (unpaired) electrons. The third-order valence-electron chi connectivity index (χ3n) is 4.28. The van der Waals surface area contributed by atoms with Gasteiger partial charge in [-0.3, -0.25) is 15.4 Å². The minimum atomic E-state index is -0.488. The van der Waals surface area contributed by atoms with Crippen LogP contribution in [0.1, 0.15) is 66.4 Å². The van der Waals surface area contributed by atoms with E-state index in [0.29, 0.717) is 24.7 Å². The summed E-state index contributed by atoms with van der Waals surface area (Å²) in [5.74, 6) is 0.884. The van der Waals surface area contributed by atoms with Gasteiger partial charge in [-0.15, -0.1) is 0 Å². The van der Waals surface area contributed by atoms with E-state index >= 15 is 0 Å². The van der Waals surface area contributed by atoms with Gasteiger partial charge in [-0.05, 0) is 12.3 Å². The number of rotatable bonds is 5. The zero-order valence-corrected chi connectivity index (χ0v) is 16.6. The smallest absolute Gasteiger partial charge is 0.320 e. The van der Waals surface area contributed by atoms with Crippen molar-refractivity contribution in [2.45, 2.75) is 72.1 Å². The minimum Gasteiger partial charge on any atom is -0.338 e. The molecule has 1 aliphatic rings. The maximum absolute atomic E-state index is 12.2. The van der Waals surface area contributed by atoms with Crippen LogP contribution in [-0.2, 0) is 10.2 Å². The second kappa shape index (κ2) is 8.07. The highest BCUT2D eigenvalue weighted by Gasteiger charge is 2.30. The summed E-state index contributed by atoms with van der Waals surface area (Å²) < 4.78 is 1.65. The molecule has 1 fully saturated rings. The van der Waals surface area contributed by atoms with Crippen molar-refractivity contribution in [3.05, 3.63) is 11.8 Å². The largest absolute Gasteiger partial charge is 0.338 e. The van der Waals surface area contributed by atoms with Crippen LogP contribution in [0.15, 0.2) is 6.07 Å². The van der Waals surface area contributed by atoms with Crippen molar-refractivity contribution in [1.29, 1.82) is 0 Å². The Kier molecular flexibility index (Phi) is 6.28. The van der Waals surface area contributed by atoms with E-state index in [1.807, 2.05) is 26.8 Å². The van der Waals surface area contributed by atoms with Crippen molar-refractivity contribution in [1.82, 2.24) is 25.7 Å². The Morgan fingerprint density at radius 1 is 1.42 bits per heavy atom. The number of urea groups is 1. The van der Waals surface area contributed by atoms with Crippen LogP contribution in [0.25, 0.3) is 0 Å². The Balaban J connectivity index is 2.26.